The first-order valence-electron chi connectivity index (χ1n) is 4.83. The van der Waals surface area contributed by atoms with E-state index in [0.29, 0.717) is 6.42 Å². The van der Waals surface area contributed by atoms with Gasteiger partial charge in [0.15, 0.2) is 0 Å². The zero-order valence-electron chi connectivity index (χ0n) is 8.53. The molecule has 1 aromatic rings. The Balaban J connectivity index is 2.99. The topological polar surface area (TPSA) is 37.3 Å². The number of aliphatic carboxylic acids is 1. The lowest BCUT2D eigenvalue weighted by atomic mass is 10.0. The average Bonchev–Trinajstić information content (AvgIpc) is 2.17. The van der Waals surface area contributed by atoms with Crippen LogP contribution in [0.4, 0.5) is 4.39 Å². The van der Waals surface area contributed by atoms with Crippen LogP contribution in [0, 0.1) is 5.82 Å². The molecule has 0 saturated heterocycles. The molecular formula is C12H13FO2. The minimum atomic E-state index is -0.970. The van der Waals surface area contributed by atoms with Gasteiger partial charge in [-0.25, -0.2) is 9.18 Å². The number of allylic oxidation sites excluding steroid dienone is 1. The van der Waals surface area contributed by atoms with E-state index in [1.165, 1.54) is 18.2 Å². The van der Waals surface area contributed by atoms with Gasteiger partial charge in [0.1, 0.15) is 5.82 Å². The minimum Gasteiger partial charge on any atom is -0.478 e. The van der Waals surface area contributed by atoms with Gasteiger partial charge in [-0.1, -0.05) is 25.5 Å². The Bertz CT molecular complexity index is 366. The molecule has 0 heterocycles. The molecule has 0 amide bonds. The van der Waals surface area contributed by atoms with Crippen LogP contribution in [-0.4, -0.2) is 11.1 Å². The second-order valence-corrected chi connectivity index (χ2v) is 3.26. The first-order valence-corrected chi connectivity index (χ1v) is 4.83. The summed E-state index contributed by atoms with van der Waals surface area (Å²) in [6.07, 6.45) is 2.71. The molecule has 0 unspecified atom stereocenters. The van der Waals surface area contributed by atoms with Crippen molar-refractivity contribution in [2.45, 2.75) is 19.8 Å². The second-order valence-electron chi connectivity index (χ2n) is 3.26. The number of halogens is 1. The van der Waals surface area contributed by atoms with Crippen LogP contribution in [0.15, 0.2) is 30.3 Å². The molecule has 0 radical (unpaired) electrons. The predicted molar refractivity (Wildman–Crippen MR) is 56.9 cm³/mol. The van der Waals surface area contributed by atoms with Crippen LogP contribution in [0.2, 0.25) is 0 Å². The lowest BCUT2D eigenvalue weighted by Gasteiger charge is -2.05. The second kappa shape index (κ2) is 5.29. The van der Waals surface area contributed by atoms with Crippen LogP contribution in [0.25, 0.3) is 5.57 Å². The zero-order chi connectivity index (χ0) is 11.3. The Kier molecular flexibility index (Phi) is 4.03. The lowest BCUT2D eigenvalue weighted by Crippen LogP contribution is -1.93. The van der Waals surface area contributed by atoms with Gasteiger partial charge in [0.05, 0.1) is 0 Å². The summed E-state index contributed by atoms with van der Waals surface area (Å²) in [6, 6.07) is 5.86. The summed E-state index contributed by atoms with van der Waals surface area (Å²) in [5, 5.41) is 8.68. The van der Waals surface area contributed by atoms with Gasteiger partial charge in [-0.3, -0.25) is 0 Å². The van der Waals surface area contributed by atoms with Crippen molar-refractivity contribution in [3.63, 3.8) is 0 Å². The van der Waals surface area contributed by atoms with Crippen LogP contribution in [0.1, 0.15) is 25.3 Å². The van der Waals surface area contributed by atoms with E-state index in [-0.39, 0.29) is 5.82 Å². The van der Waals surface area contributed by atoms with Gasteiger partial charge in [0, 0.05) is 6.08 Å². The molecule has 1 N–H and O–H groups in total. The van der Waals surface area contributed by atoms with Crippen molar-refractivity contribution in [2.24, 2.45) is 0 Å². The highest BCUT2D eigenvalue weighted by Crippen LogP contribution is 2.19. The third-order valence-corrected chi connectivity index (χ3v) is 2.03. The highest BCUT2D eigenvalue weighted by atomic mass is 19.1. The van der Waals surface area contributed by atoms with E-state index in [9.17, 15) is 9.18 Å². The minimum absolute atomic E-state index is 0.315. The Morgan fingerprint density at radius 3 is 2.47 bits per heavy atom. The Morgan fingerprint density at radius 1 is 1.40 bits per heavy atom. The van der Waals surface area contributed by atoms with E-state index in [1.54, 1.807) is 12.1 Å². The van der Waals surface area contributed by atoms with E-state index in [4.69, 9.17) is 5.11 Å². The number of carboxylic acid groups (broad SMARTS) is 1. The zero-order valence-corrected chi connectivity index (χ0v) is 8.53. The summed E-state index contributed by atoms with van der Waals surface area (Å²) in [7, 11) is 0. The summed E-state index contributed by atoms with van der Waals surface area (Å²) in [6.45, 7) is 1.97. The molecule has 0 aliphatic rings. The first kappa shape index (κ1) is 11.4. The third-order valence-electron chi connectivity index (χ3n) is 2.03. The lowest BCUT2D eigenvalue weighted by molar-refractivity contribution is -0.131. The third kappa shape index (κ3) is 3.54. The van der Waals surface area contributed by atoms with Gasteiger partial charge in [-0.15, -0.1) is 0 Å². The van der Waals surface area contributed by atoms with E-state index < -0.39 is 5.97 Å². The summed E-state index contributed by atoms with van der Waals surface area (Å²) in [5.41, 5.74) is 1.49. The number of rotatable bonds is 4. The summed E-state index contributed by atoms with van der Waals surface area (Å²) < 4.78 is 12.7. The molecule has 0 fully saturated rings. The van der Waals surface area contributed by atoms with Crippen molar-refractivity contribution in [1.82, 2.24) is 0 Å². The number of carbonyl (C=O) groups is 1. The SMILES string of the molecule is CCCC(=CC(=O)O)c1ccc(F)cc1. The molecular weight excluding hydrogens is 195 g/mol. The summed E-state index contributed by atoms with van der Waals surface area (Å²) in [4.78, 5) is 10.6. The van der Waals surface area contributed by atoms with Crippen molar-refractivity contribution >= 4 is 11.5 Å². The largest absolute Gasteiger partial charge is 0.478 e. The molecule has 0 spiro atoms. The normalized spacial score (nSPS) is 11.5. The highest BCUT2D eigenvalue weighted by molar-refractivity contribution is 5.89. The molecule has 0 aliphatic carbocycles. The molecule has 15 heavy (non-hydrogen) atoms. The van der Waals surface area contributed by atoms with Gasteiger partial charge < -0.3 is 5.11 Å². The Hall–Kier alpha value is -1.64. The molecule has 80 valence electrons. The predicted octanol–water partition coefficient (Wildman–Crippen LogP) is 3.09. The quantitative estimate of drug-likeness (QED) is 0.772. The van der Waals surface area contributed by atoms with Crippen LogP contribution in [0.3, 0.4) is 0 Å². The van der Waals surface area contributed by atoms with Gasteiger partial charge in [-0.05, 0) is 29.7 Å². The number of hydrogen-bond acceptors (Lipinski definition) is 1. The maximum absolute atomic E-state index is 12.7. The number of carboxylic acids is 1. The Labute approximate surface area is 88.1 Å². The fourth-order valence-corrected chi connectivity index (χ4v) is 1.38. The fraction of sp³-hybridized carbons (Fsp3) is 0.250. The van der Waals surface area contributed by atoms with Crippen molar-refractivity contribution in [3.8, 4) is 0 Å². The number of benzene rings is 1. The molecule has 0 aromatic heterocycles. The molecule has 0 aliphatic heterocycles. The molecule has 3 heteroatoms. The van der Waals surface area contributed by atoms with Crippen molar-refractivity contribution < 1.29 is 14.3 Å². The summed E-state index contributed by atoms with van der Waals surface area (Å²) in [5.74, 6) is -1.28. The van der Waals surface area contributed by atoms with Crippen molar-refractivity contribution in [2.75, 3.05) is 0 Å². The van der Waals surface area contributed by atoms with Gasteiger partial charge in [-0.2, -0.15) is 0 Å². The average molecular weight is 208 g/mol. The molecule has 0 saturated carbocycles. The maximum Gasteiger partial charge on any atom is 0.328 e. The van der Waals surface area contributed by atoms with Crippen molar-refractivity contribution in [3.05, 3.63) is 41.7 Å². The van der Waals surface area contributed by atoms with E-state index in [0.717, 1.165) is 17.6 Å². The number of hydrogen-bond donors (Lipinski definition) is 1. The van der Waals surface area contributed by atoms with Gasteiger partial charge in [0.25, 0.3) is 0 Å². The van der Waals surface area contributed by atoms with Crippen LogP contribution >= 0.6 is 0 Å². The maximum atomic E-state index is 12.7. The van der Waals surface area contributed by atoms with Gasteiger partial charge in [0.2, 0.25) is 0 Å². The molecule has 0 bridgehead atoms. The molecule has 2 nitrogen and oxygen atoms in total. The van der Waals surface area contributed by atoms with E-state index in [2.05, 4.69) is 0 Å². The van der Waals surface area contributed by atoms with E-state index >= 15 is 0 Å². The van der Waals surface area contributed by atoms with Crippen LogP contribution in [-0.2, 0) is 4.79 Å². The highest BCUT2D eigenvalue weighted by Gasteiger charge is 2.03. The van der Waals surface area contributed by atoms with Crippen LogP contribution < -0.4 is 0 Å². The molecule has 1 aromatic carbocycles. The molecule has 1 rings (SSSR count). The standard InChI is InChI=1S/C12H13FO2/c1-2-3-10(8-12(14)15)9-4-6-11(13)7-5-9/h4-8H,2-3H2,1H3,(H,14,15). The van der Waals surface area contributed by atoms with Crippen LogP contribution in [0.5, 0.6) is 0 Å². The van der Waals surface area contributed by atoms with E-state index in [1.807, 2.05) is 6.92 Å². The fourth-order valence-electron chi connectivity index (χ4n) is 1.38. The summed E-state index contributed by atoms with van der Waals surface area (Å²) >= 11 is 0. The Morgan fingerprint density at radius 2 is 2.00 bits per heavy atom. The van der Waals surface area contributed by atoms with Gasteiger partial charge >= 0.3 is 5.97 Å². The first-order chi connectivity index (χ1) is 7.13. The smallest absolute Gasteiger partial charge is 0.328 e. The monoisotopic (exact) mass is 208 g/mol. The van der Waals surface area contributed by atoms with Crippen molar-refractivity contribution in [1.29, 1.82) is 0 Å². The molecule has 0 atom stereocenters.